The topological polar surface area (TPSA) is 75.7 Å². The van der Waals surface area contributed by atoms with Crippen molar-refractivity contribution in [1.29, 1.82) is 0 Å². The molecule has 1 aliphatic rings. The van der Waals surface area contributed by atoms with E-state index in [1.54, 1.807) is 49.4 Å². The van der Waals surface area contributed by atoms with E-state index in [2.05, 4.69) is 5.32 Å². The van der Waals surface area contributed by atoms with E-state index < -0.39 is 24.3 Å². The number of hydrogen-bond acceptors (Lipinski definition) is 5. The molecule has 1 N–H and O–H groups in total. The van der Waals surface area contributed by atoms with Gasteiger partial charge in [0.25, 0.3) is 5.91 Å². The zero-order valence-corrected chi connectivity index (χ0v) is 16.0. The van der Waals surface area contributed by atoms with Crippen LogP contribution in [0.15, 0.2) is 53.4 Å². The smallest absolute Gasteiger partial charge is 0.316 e. The highest BCUT2D eigenvalue weighted by Crippen LogP contribution is 2.31. The number of fused-ring (bicyclic) bond motifs is 1. The molecule has 0 fully saturated rings. The van der Waals surface area contributed by atoms with E-state index in [1.807, 2.05) is 0 Å². The normalized spacial score (nSPS) is 16.0. The Bertz CT molecular complexity index is 905. The monoisotopic (exact) mass is 402 g/mol. The Kier molecular flexibility index (Phi) is 6.30. The third-order valence-electron chi connectivity index (χ3n) is 4.17. The fraction of sp³-hybridized carbons (Fsp3) is 0.250. The van der Waals surface area contributed by atoms with Gasteiger partial charge in [0.1, 0.15) is 5.82 Å². The third-order valence-corrected chi connectivity index (χ3v) is 5.19. The summed E-state index contributed by atoms with van der Waals surface area (Å²) in [5.41, 5.74) is 1.09. The Morgan fingerprint density at radius 3 is 2.71 bits per heavy atom. The first kappa shape index (κ1) is 19.9. The minimum Gasteiger partial charge on any atom is -0.455 e. The summed E-state index contributed by atoms with van der Waals surface area (Å²) in [6.45, 7) is 1.30. The Morgan fingerprint density at radius 1 is 1.21 bits per heavy atom. The summed E-state index contributed by atoms with van der Waals surface area (Å²) < 4.78 is 18.7. The van der Waals surface area contributed by atoms with E-state index in [-0.39, 0.29) is 24.1 Å². The van der Waals surface area contributed by atoms with Gasteiger partial charge in [-0.15, -0.1) is 11.8 Å². The minimum absolute atomic E-state index is 0.111. The number of thioether (sulfide) groups is 1. The van der Waals surface area contributed by atoms with Gasteiger partial charge in [0.2, 0.25) is 5.91 Å². The maximum atomic E-state index is 13.6. The summed E-state index contributed by atoms with van der Waals surface area (Å²) >= 11 is 1.01. The first-order valence-electron chi connectivity index (χ1n) is 8.69. The number of hydrogen-bond donors (Lipinski definition) is 1. The summed E-state index contributed by atoms with van der Waals surface area (Å²) in [4.78, 5) is 38.4. The molecular formula is C20H19FN2O4S. The van der Waals surface area contributed by atoms with E-state index >= 15 is 0 Å². The lowest BCUT2D eigenvalue weighted by atomic mass is 10.1. The van der Waals surface area contributed by atoms with Crippen molar-refractivity contribution in [3.63, 3.8) is 0 Å². The van der Waals surface area contributed by atoms with Crippen LogP contribution >= 0.6 is 11.8 Å². The second-order valence-corrected chi connectivity index (χ2v) is 7.28. The number of carbonyl (C=O) groups is 3. The summed E-state index contributed by atoms with van der Waals surface area (Å²) in [6, 6.07) is 12.7. The van der Waals surface area contributed by atoms with E-state index in [1.165, 1.54) is 11.0 Å². The molecule has 0 unspecified atom stereocenters. The predicted molar refractivity (Wildman–Crippen MR) is 105 cm³/mol. The van der Waals surface area contributed by atoms with Gasteiger partial charge in [-0.05, 0) is 31.2 Å². The average molecular weight is 402 g/mol. The molecule has 0 radical (unpaired) electrons. The van der Waals surface area contributed by atoms with Crippen LogP contribution < -0.4 is 10.2 Å². The van der Waals surface area contributed by atoms with Gasteiger partial charge in [0.15, 0.2) is 6.61 Å². The Hall–Kier alpha value is -2.87. The lowest BCUT2D eigenvalue weighted by Gasteiger charge is -2.27. The van der Waals surface area contributed by atoms with Crippen LogP contribution in [0.4, 0.5) is 15.8 Å². The average Bonchev–Trinajstić information content (AvgIpc) is 2.79. The molecule has 0 bridgehead atoms. The lowest BCUT2D eigenvalue weighted by Crippen LogP contribution is -2.41. The molecule has 0 spiro atoms. The molecule has 2 aromatic carbocycles. The van der Waals surface area contributed by atoms with Gasteiger partial charge in [-0.2, -0.15) is 0 Å². The molecule has 0 saturated carbocycles. The molecule has 0 saturated heterocycles. The van der Waals surface area contributed by atoms with Crippen molar-refractivity contribution in [2.75, 3.05) is 22.6 Å². The van der Waals surface area contributed by atoms with Gasteiger partial charge < -0.3 is 15.0 Å². The summed E-state index contributed by atoms with van der Waals surface area (Å²) in [6.07, 6.45) is 0.136. The minimum atomic E-state index is -0.619. The standard InChI is InChI=1S/C20H19FN2O4S/c1-13-10-18(24)22-15-7-3-4-8-16(15)23(13)19(25)11-27-20(26)12-28-17-9-5-2-6-14(17)21/h2-9,13H,10-12H2,1H3,(H,22,24)/t13-/m1/s1. The van der Waals surface area contributed by atoms with Crippen molar-refractivity contribution >= 4 is 40.9 Å². The van der Waals surface area contributed by atoms with Gasteiger partial charge in [0, 0.05) is 17.4 Å². The number of nitrogens with zero attached hydrogens (tertiary/aromatic N) is 1. The zero-order valence-electron chi connectivity index (χ0n) is 15.2. The zero-order chi connectivity index (χ0) is 20.1. The van der Waals surface area contributed by atoms with E-state index in [0.717, 1.165) is 11.8 Å². The largest absolute Gasteiger partial charge is 0.455 e. The molecule has 6 nitrogen and oxygen atoms in total. The van der Waals surface area contributed by atoms with Crippen LogP contribution in [-0.4, -0.2) is 36.2 Å². The highest BCUT2D eigenvalue weighted by molar-refractivity contribution is 8.00. The van der Waals surface area contributed by atoms with Crippen LogP contribution in [0.1, 0.15) is 13.3 Å². The maximum Gasteiger partial charge on any atom is 0.316 e. The van der Waals surface area contributed by atoms with Crippen molar-refractivity contribution < 1.29 is 23.5 Å². The Morgan fingerprint density at radius 2 is 1.93 bits per heavy atom. The molecule has 2 aromatic rings. The fourth-order valence-electron chi connectivity index (χ4n) is 2.92. The molecule has 0 aromatic heterocycles. The lowest BCUT2D eigenvalue weighted by molar-refractivity contribution is -0.145. The predicted octanol–water partition coefficient (Wildman–Crippen LogP) is 3.22. The molecule has 0 aliphatic carbocycles. The maximum absolute atomic E-state index is 13.6. The van der Waals surface area contributed by atoms with E-state index in [4.69, 9.17) is 4.74 Å². The van der Waals surface area contributed by atoms with Crippen molar-refractivity contribution in [2.45, 2.75) is 24.3 Å². The van der Waals surface area contributed by atoms with Crippen LogP contribution in [0.5, 0.6) is 0 Å². The number of carbonyl (C=O) groups excluding carboxylic acids is 3. The van der Waals surface area contributed by atoms with Gasteiger partial charge in [-0.25, -0.2) is 4.39 Å². The number of anilines is 2. The first-order valence-corrected chi connectivity index (χ1v) is 9.68. The molecule has 3 rings (SSSR count). The first-order chi connectivity index (χ1) is 13.5. The number of amides is 2. The highest BCUT2D eigenvalue weighted by atomic mass is 32.2. The molecule has 28 heavy (non-hydrogen) atoms. The number of nitrogens with one attached hydrogen (secondary N) is 1. The quantitative estimate of drug-likeness (QED) is 0.614. The van der Waals surface area contributed by atoms with Crippen LogP contribution in [0.3, 0.4) is 0 Å². The van der Waals surface area contributed by atoms with E-state index in [0.29, 0.717) is 16.3 Å². The van der Waals surface area contributed by atoms with Crippen molar-refractivity contribution in [3.05, 3.63) is 54.3 Å². The summed E-state index contributed by atoms with van der Waals surface area (Å²) in [7, 11) is 0. The number of halogens is 1. The van der Waals surface area contributed by atoms with Crippen LogP contribution in [-0.2, 0) is 19.1 Å². The molecule has 1 aliphatic heterocycles. The van der Waals surface area contributed by atoms with Crippen molar-refractivity contribution in [2.24, 2.45) is 0 Å². The Labute approximate surface area is 166 Å². The second-order valence-electron chi connectivity index (χ2n) is 6.26. The van der Waals surface area contributed by atoms with Gasteiger partial charge in [0.05, 0.1) is 17.1 Å². The third kappa shape index (κ3) is 4.69. The number of ether oxygens (including phenoxy) is 1. The molecule has 2 amide bonds. The highest BCUT2D eigenvalue weighted by Gasteiger charge is 2.30. The van der Waals surface area contributed by atoms with Gasteiger partial charge in [-0.1, -0.05) is 24.3 Å². The number of esters is 1. The molecule has 8 heteroatoms. The number of rotatable bonds is 5. The Balaban J connectivity index is 1.61. The molecule has 1 atom stereocenters. The molecule has 1 heterocycles. The fourth-order valence-corrected chi connectivity index (χ4v) is 3.66. The summed E-state index contributed by atoms with van der Waals surface area (Å²) in [5, 5.41) is 2.77. The van der Waals surface area contributed by atoms with Crippen molar-refractivity contribution in [3.8, 4) is 0 Å². The number of para-hydroxylation sites is 2. The van der Waals surface area contributed by atoms with Crippen LogP contribution in [0, 0.1) is 5.82 Å². The van der Waals surface area contributed by atoms with Crippen LogP contribution in [0.2, 0.25) is 0 Å². The van der Waals surface area contributed by atoms with Gasteiger partial charge in [-0.3, -0.25) is 14.4 Å². The van der Waals surface area contributed by atoms with Crippen molar-refractivity contribution in [1.82, 2.24) is 0 Å². The van der Waals surface area contributed by atoms with E-state index in [9.17, 15) is 18.8 Å². The molecule has 146 valence electrons. The molecular weight excluding hydrogens is 383 g/mol. The summed E-state index contributed by atoms with van der Waals surface area (Å²) in [5.74, 6) is -1.76. The van der Waals surface area contributed by atoms with Crippen LogP contribution in [0.25, 0.3) is 0 Å². The second kappa shape index (κ2) is 8.88. The van der Waals surface area contributed by atoms with Gasteiger partial charge >= 0.3 is 5.97 Å². The SMILES string of the molecule is C[C@@H]1CC(=O)Nc2ccccc2N1C(=O)COC(=O)CSc1ccccc1F. The number of benzene rings is 2.